The second-order valence-corrected chi connectivity index (χ2v) is 5.10. The summed E-state index contributed by atoms with van der Waals surface area (Å²) in [5.74, 6) is -0.353. The maximum atomic E-state index is 11.4. The van der Waals surface area contributed by atoms with Crippen molar-refractivity contribution in [2.24, 2.45) is 0 Å². The van der Waals surface area contributed by atoms with Crippen molar-refractivity contribution in [2.75, 3.05) is 19.6 Å². The first-order valence-electron chi connectivity index (χ1n) is 5.29. The summed E-state index contributed by atoms with van der Waals surface area (Å²) in [5.41, 5.74) is -0.364. The molecular formula is C10H19N3O3. The summed E-state index contributed by atoms with van der Waals surface area (Å²) >= 11 is 0. The second kappa shape index (κ2) is 4.80. The van der Waals surface area contributed by atoms with Crippen LogP contribution in [-0.2, 0) is 4.79 Å². The number of nitrogens with one attached hydrogen (secondary N) is 2. The van der Waals surface area contributed by atoms with Crippen LogP contribution in [0.5, 0.6) is 0 Å². The van der Waals surface area contributed by atoms with Crippen molar-refractivity contribution in [3.63, 3.8) is 0 Å². The van der Waals surface area contributed by atoms with E-state index in [1.165, 1.54) is 0 Å². The SMILES string of the molecule is CC(C)(C)NC(=O)NC(=O)CN1CC(O)C1. The topological polar surface area (TPSA) is 81.7 Å². The van der Waals surface area contributed by atoms with Crippen LogP contribution in [0.2, 0.25) is 0 Å². The van der Waals surface area contributed by atoms with Gasteiger partial charge in [0, 0.05) is 18.6 Å². The zero-order chi connectivity index (χ0) is 12.3. The van der Waals surface area contributed by atoms with Gasteiger partial charge in [-0.15, -0.1) is 0 Å². The van der Waals surface area contributed by atoms with Gasteiger partial charge < -0.3 is 10.4 Å². The highest BCUT2D eigenvalue weighted by Gasteiger charge is 2.26. The number of aliphatic hydroxyl groups is 1. The summed E-state index contributed by atoms with van der Waals surface area (Å²) in [5, 5.41) is 13.9. The Kier molecular flexibility index (Phi) is 3.88. The van der Waals surface area contributed by atoms with E-state index in [-0.39, 0.29) is 24.1 Å². The normalized spacial score (nSPS) is 17.8. The molecule has 1 rings (SSSR count). The van der Waals surface area contributed by atoms with Gasteiger partial charge in [0.05, 0.1) is 12.6 Å². The minimum absolute atomic E-state index is 0.147. The Labute approximate surface area is 95.0 Å². The third-order valence-electron chi connectivity index (χ3n) is 2.05. The van der Waals surface area contributed by atoms with Crippen molar-refractivity contribution in [1.29, 1.82) is 0 Å². The van der Waals surface area contributed by atoms with Gasteiger partial charge in [0.2, 0.25) is 5.91 Å². The largest absolute Gasteiger partial charge is 0.390 e. The van der Waals surface area contributed by atoms with Crippen LogP contribution in [0.3, 0.4) is 0 Å². The monoisotopic (exact) mass is 229 g/mol. The van der Waals surface area contributed by atoms with Gasteiger partial charge in [-0.2, -0.15) is 0 Å². The highest BCUT2D eigenvalue weighted by Crippen LogP contribution is 2.05. The molecule has 1 aliphatic rings. The number of aliphatic hydroxyl groups excluding tert-OH is 1. The van der Waals surface area contributed by atoms with E-state index >= 15 is 0 Å². The van der Waals surface area contributed by atoms with Crippen molar-refractivity contribution in [3.8, 4) is 0 Å². The van der Waals surface area contributed by atoms with Gasteiger partial charge in [0.1, 0.15) is 0 Å². The van der Waals surface area contributed by atoms with E-state index in [2.05, 4.69) is 10.6 Å². The highest BCUT2D eigenvalue weighted by atomic mass is 16.3. The van der Waals surface area contributed by atoms with E-state index in [4.69, 9.17) is 5.11 Å². The lowest BCUT2D eigenvalue weighted by Crippen LogP contribution is -2.56. The highest BCUT2D eigenvalue weighted by molar-refractivity contribution is 5.95. The summed E-state index contributed by atoms with van der Waals surface area (Å²) in [6.07, 6.45) is -0.337. The smallest absolute Gasteiger partial charge is 0.321 e. The third kappa shape index (κ3) is 4.59. The molecule has 0 atom stereocenters. The first-order chi connectivity index (χ1) is 7.26. The molecule has 0 radical (unpaired) electrons. The van der Waals surface area contributed by atoms with Crippen molar-refractivity contribution in [1.82, 2.24) is 15.5 Å². The maximum Gasteiger partial charge on any atom is 0.321 e. The minimum Gasteiger partial charge on any atom is -0.390 e. The number of rotatable bonds is 2. The zero-order valence-corrected chi connectivity index (χ0v) is 9.91. The predicted molar refractivity (Wildman–Crippen MR) is 58.9 cm³/mol. The van der Waals surface area contributed by atoms with Crippen molar-refractivity contribution in [3.05, 3.63) is 0 Å². The number of amides is 3. The number of urea groups is 1. The number of carbonyl (C=O) groups excluding carboxylic acids is 2. The number of carbonyl (C=O) groups is 2. The van der Waals surface area contributed by atoms with Gasteiger partial charge in [-0.05, 0) is 20.8 Å². The second-order valence-electron chi connectivity index (χ2n) is 5.10. The molecule has 16 heavy (non-hydrogen) atoms. The quantitative estimate of drug-likeness (QED) is 0.584. The Bertz CT molecular complexity index is 280. The van der Waals surface area contributed by atoms with E-state index < -0.39 is 6.03 Å². The lowest BCUT2D eigenvalue weighted by molar-refractivity contribution is -0.123. The molecule has 6 nitrogen and oxygen atoms in total. The molecule has 1 aliphatic heterocycles. The number of likely N-dealkylation sites (tertiary alicyclic amines) is 1. The van der Waals surface area contributed by atoms with Crippen LogP contribution in [0.25, 0.3) is 0 Å². The Balaban J connectivity index is 2.21. The average Bonchev–Trinajstić information content (AvgIpc) is 1.96. The van der Waals surface area contributed by atoms with Crippen LogP contribution in [-0.4, -0.2) is 53.2 Å². The van der Waals surface area contributed by atoms with Crippen LogP contribution in [0.1, 0.15) is 20.8 Å². The minimum atomic E-state index is -0.487. The molecule has 0 unspecified atom stereocenters. The zero-order valence-electron chi connectivity index (χ0n) is 9.91. The van der Waals surface area contributed by atoms with E-state index in [1.807, 2.05) is 20.8 Å². The molecule has 1 fully saturated rings. The molecule has 0 aliphatic carbocycles. The van der Waals surface area contributed by atoms with Crippen molar-refractivity contribution >= 4 is 11.9 Å². The predicted octanol–water partition coefficient (Wildman–Crippen LogP) is -0.713. The molecule has 0 aromatic carbocycles. The van der Waals surface area contributed by atoms with E-state index in [9.17, 15) is 9.59 Å². The van der Waals surface area contributed by atoms with Gasteiger partial charge in [0.25, 0.3) is 0 Å². The molecule has 0 aromatic rings. The lowest BCUT2D eigenvalue weighted by atomic mass is 10.1. The van der Waals surface area contributed by atoms with Crippen LogP contribution in [0, 0.1) is 0 Å². The molecule has 3 amide bonds. The standard InChI is InChI=1S/C10H19N3O3/c1-10(2,3)12-9(16)11-8(15)6-13-4-7(14)5-13/h7,14H,4-6H2,1-3H3,(H2,11,12,15,16). The molecule has 3 N–H and O–H groups in total. The molecule has 0 aromatic heterocycles. The molecule has 0 bridgehead atoms. The number of hydrogen-bond donors (Lipinski definition) is 3. The summed E-state index contributed by atoms with van der Waals surface area (Å²) < 4.78 is 0. The van der Waals surface area contributed by atoms with Crippen LogP contribution >= 0.6 is 0 Å². The van der Waals surface area contributed by atoms with Crippen LogP contribution < -0.4 is 10.6 Å². The fourth-order valence-corrected chi connectivity index (χ4v) is 1.41. The van der Waals surface area contributed by atoms with Gasteiger partial charge in [-0.1, -0.05) is 0 Å². The number of imide groups is 1. The van der Waals surface area contributed by atoms with Crippen molar-refractivity contribution in [2.45, 2.75) is 32.4 Å². The number of nitrogens with zero attached hydrogens (tertiary/aromatic N) is 1. The molecule has 0 saturated carbocycles. The third-order valence-corrected chi connectivity index (χ3v) is 2.05. The van der Waals surface area contributed by atoms with Crippen molar-refractivity contribution < 1.29 is 14.7 Å². The first-order valence-corrected chi connectivity index (χ1v) is 5.29. The molecular weight excluding hydrogens is 210 g/mol. The Morgan fingerprint density at radius 2 is 1.94 bits per heavy atom. The molecule has 0 spiro atoms. The maximum absolute atomic E-state index is 11.4. The number of hydrogen-bond acceptors (Lipinski definition) is 4. The molecule has 1 saturated heterocycles. The van der Waals surface area contributed by atoms with Gasteiger partial charge in [-0.3, -0.25) is 15.0 Å². The van der Waals surface area contributed by atoms with E-state index in [0.717, 1.165) is 0 Å². The van der Waals surface area contributed by atoms with Gasteiger partial charge in [0.15, 0.2) is 0 Å². The van der Waals surface area contributed by atoms with E-state index in [0.29, 0.717) is 13.1 Å². The molecule has 1 heterocycles. The Morgan fingerprint density at radius 3 is 2.38 bits per heavy atom. The van der Waals surface area contributed by atoms with Gasteiger partial charge >= 0.3 is 6.03 Å². The summed E-state index contributed by atoms with van der Waals surface area (Å²) in [6.45, 7) is 6.64. The summed E-state index contributed by atoms with van der Waals surface area (Å²) in [7, 11) is 0. The number of β-amino-alcohol motifs (C(OH)–C–C–N with tert-alkyl or cyclic N) is 1. The Morgan fingerprint density at radius 1 is 1.38 bits per heavy atom. The molecule has 6 heteroatoms. The average molecular weight is 229 g/mol. The summed E-state index contributed by atoms with van der Waals surface area (Å²) in [6, 6.07) is -0.487. The Hall–Kier alpha value is -1.14. The fraction of sp³-hybridized carbons (Fsp3) is 0.800. The van der Waals surface area contributed by atoms with Gasteiger partial charge in [-0.25, -0.2) is 4.79 Å². The summed E-state index contributed by atoms with van der Waals surface area (Å²) in [4.78, 5) is 24.4. The first kappa shape index (κ1) is 12.9. The van der Waals surface area contributed by atoms with E-state index in [1.54, 1.807) is 4.90 Å². The van der Waals surface area contributed by atoms with Crippen LogP contribution in [0.15, 0.2) is 0 Å². The van der Waals surface area contributed by atoms with Crippen LogP contribution in [0.4, 0.5) is 4.79 Å². The lowest BCUT2D eigenvalue weighted by Gasteiger charge is -2.35. The fourth-order valence-electron chi connectivity index (χ4n) is 1.41. The molecule has 92 valence electrons.